The van der Waals surface area contributed by atoms with Crippen LogP contribution in [-0.4, -0.2) is 6.61 Å². The van der Waals surface area contributed by atoms with E-state index >= 15 is 0 Å². The van der Waals surface area contributed by atoms with Crippen LogP contribution in [0.4, 0.5) is 0 Å². The van der Waals surface area contributed by atoms with Crippen molar-refractivity contribution in [2.24, 2.45) is 5.73 Å². The van der Waals surface area contributed by atoms with Gasteiger partial charge in [0.15, 0.2) is 0 Å². The molecule has 68 valence electrons. The van der Waals surface area contributed by atoms with Crippen molar-refractivity contribution in [3.05, 3.63) is 23.7 Å². The van der Waals surface area contributed by atoms with E-state index in [1.165, 1.54) is 0 Å². The SMILES string of the molecule is CCCOCc1ccoc1CN. The summed E-state index contributed by atoms with van der Waals surface area (Å²) in [6, 6.07) is 1.90. The van der Waals surface area contributed by atoms with E-state index in [9.17, 15) is 0 Å². The van der Waals surface area contributed by atoms with Crippen molar-refractivity contribution in [1.82, 2.24) is 0 Å². The van der Waals surface area contributed by atoms with Gasteiger partial charge in [0.25, 0.3) is 0 Å². The average Bonchev–Trinajstić information content (AvgIpc) is 2.52. The van der Waals surface area contributed by atoms with Crippen molar-refractivity contribution < 1.29 is 9.15 Å². The fourth-order valence-electron chi connectivity index (χ4n) is 1.00. The summed E-state index contributed by atoms with van der Waals surface area (Å²) in [5.74, 6) is 0.825. The Balaban J connectivity index is 2.39. The molecule has 0 saturated heterocycles. The smallest absolute Gasteiger partial charge is 0.122 e. The molecule has 3 heteroatoms. The van der Waals surface area contributed by atoms with Crippen LogP contribution in [-0.2, 0) is 17.9 Å². The molecule has 0 atom stereocenters. The predicted octanol–water partition coefficient (Wildman–Crippen LogP) is 1.66. The van der Waals surface area contributed by atoms with E-state index in [0.717, 1.165) is 24.4 Å². The molecule has 0 fully saturated rings. The highest BCUT2D eigenvalue weighted by molar-refractivity contribution is 5.15. The minimum Gasteiger partial charge on any atom is -0.468 e. The van der Waals surface area contributed by atoms with Crippen LogP contribution in [0.2, 0.25) is 0 Å². The molecule has 1 rings (SSSR count). The van der Waals surface area contributed by atoms with Crippen LogP contribution < -0.4 is 5.73 Å². The molecule has 0 bridgehead atoms. The second-order valence-corrected chi connectivity index (χ2v) is 2.63. The molecule has 1 aromatic heterocycles. The number of rotatable bonds is 5. The molecule has 0 aliphatic heterocycles. The quantitative estimate of drug-likeness (QED) is 0.682. The van der Waals surface area contributed by atoms with Gasteiger partial charge in [-0.2, -0.15) is 0 Å². The van der Waals surface area contributed by atoms with E-state index in [2.05, 4.69) is 6.92 Å². The molecule has 1 heterocycles. The van der Waals surface area contributed by atoms with E-state index in [1.54, 1.807) is 6.26 Å². The van der Waals surface area contributed by atoms with Gasteiger partial charge in [-0.15, -0.1) is 0 Å². The molecule has 0 saturated carbocycles. The summed E-state index contributed by atoms with van der Waals surface area (Å²) < 4.78 is 10.5. The first-order valence-corrected chi connectivity index (χ1v) is 4.21. The highest BCUT2D eigenvalue weighted by Gasteiger charge is 2.02. The van der Waals surface area contributed by atoms with Gasteiger partial charge in [0.1, 0.15) is 5.76 Å². The third kappa shape index (κ3) is 2.36. The van der Waals surface area contributed by atoms with Crippen LogP contribution in [0.3, 0.4) is 0 Å². The molecule has 0 aliphatic carbocycles. The Labute approximate surface area is 72.5 Å². The number of hydrogen-bond acceptors (Lipinski definition) is 3. The van der Waals surface area contributed by atoms with E-state index in [0.29, 0.717) is 13.2 Å². The Bertz CT molecular complexity index is 220. The Morgan fingerprint density at radius 1 is 1.58 bits per heavy atom. The van der Waals surface area contributed by atoms with Gasteiger partial charge in [0.05, 0.1) is 19.4 Å². The third-order valence-corrected chi connectivity index (χ3v) is 1.63. The lowest BCUT2D eigenvalue weighted by atomic mass is 10.2. The summed E-state index contributed by atoms with van der Waals surface area (Å²) in [5, 5.41) is 0. The first kappa shape index (κ1) is 9.29. The van der Waals surface area contributed by atoms with Gasteiger partial charge < -0.3 is 14.9 Å². The van der Waals surface area contributed by atoms with Crippen LogP contribution in [0.1, 0.15) is 24.7 Å². The van der Waals surface area contributed by atoms with E-state index in [1.807, 2.05) is 6.07 Å². The van der Waals surface area contributed by atoms with E-state index in [-0.39, 0.29) is 0 Å². The normalized spacial score (nSPS) is 10.5. The maximum Gasteiger partial charge on any atom is 0.122 e. The summed E-state index contributed by atoms with van der Waals surface area (Å²) in [6.45, 7) is 3.92. The van der Waals surface area contributed by atoms with Gasteiger partial charge in [-0.3, -0.25) is 0 Å². The van der Waals surface area contributed by atoms with Gasteiger partial charge in [-0.05, 0) is 12.5 Å². The van der Waals surface area contributed by atoms with Gasteiger partial charge in [0, 0.05) is 12.2 Å². The molecule has 0 radical (unpaired) electrons. The number of hydrogen-bond donors (Lipinski definition) is 1. The molecule has 1 aromatic rings. The second kappa shape index (κ2) is 4.95. The molecule has 12 heavy (non-hydrogen) atoms. The number of nitrogens with two attached hydrogens (primary N) is 1. The van der Waals surface area contributed by atoms with Crippen LogP contribution in [0.5, 0.6) is 0 Å². The first-order valence-electron chi connectivity index (χ1n) is 4.21. The molecule has 0 unspecified atom stereocenters. The summed E-state index contributed by atoms with van der Waals surface area (Å²) in [4.78, 5) is 0. The number of ether oxygens (including phenoxy) is 1. The molecular formula is C9H15NO2. The monoisotopic (exact) mass is 169 g/mol. The zero-order valence-electron chi connectivity index (χ0n) is 7.38. The molecular weight excluding hydrogens is 154 g/mol. The van der Waals surface area contributed by atoms with Gasteiger partial charge in [0.2, 0.25) is 0 Å². The Morgan fingerprint density at radius 3 is 3.08 bits per heavy atom. The molecule has 0 amide bonds. The highest BCUT2D eigenvalue weighted by Crippen LogP contribution is 2.10. The molecule has 3 nitrogen and oxygen atoms in total. The summed E-state index contributed by atoms with van der Waals surface area (Å²) in [7, 11) is 0. The minimum atomic E-state index is 0.442. The van der Waals surface area contributed by atoms with E-state index in [4.69, 9.17) is 14.9 Å². The Morgan fingerprint density at radius 2 is 2.42 bits per heavy atom. The lowest BCUT2D eigenvalue weighted by molar-refractivity contribution is 0.120. The molecule has 0 aliphatic rings. The topological polar surface area (TPSA) is 48.4 Å². The van der Waals surface area contributed by atoms with Crippen molar-refractivity contribution in [1.29, 1.82) is 0 Å². The van der Waals surface area contributed by atoms with Gasteiger partial charge in [-0.25, -0.2) is 0 Å². The highest BCUT2D eigenvalue weighted by atomic mass is 16.5. The lowest BCUT2D eigenvalue weighted by Crippen LogP contribution is -2.00. The van der Waals surface area contributed by atoms with Crippen molar-refractivity contribution in [2.45, 2.75) is 26.5 Å². The van der Waals surface area contributed by atoms with Gasteiger partial charge >= 0.3 is 0 Å². The van der Waals surface area contributed by atoms with Crippen molar-refractivity contribution in [2.75, 3.05) is 6.61 Å². The largest absolute Gasteiger partial charge is 0.468 e. The second-order valence-electron chi connectivity index (χ2n) is 2.63. The van der Waals surface area contributed by atoms with E-state index < -0.39 is 0 Å². The summed E-state index contributed by atoms with van der Waals surface area (Å²) in [6.07, 6.45) is 2.68. The predicted molar refractivity (Wildman–Crippen MR) is 46.5 cm³/mol. The number of furan rings is 1. The van der Waals surface area contributed by atoms with Crippen molar-refractivity contribution in [3.63, 3.8) is 0 Å². The summed E-state index contributed by atoms with van der Waals surface area (Å²) >= 11 is 0. The lowest BCUT2D eigenvalue weighted by Gasteiger charge is -2.01. The Hall–Kier alpha value is -0.800. The fourth-order valence-corrected chi connectivity index (χ4v) is 1.00. The van der Waals surface area contributed by atoms with Crippen LogP contribution in [0.25, 0.3) is 0 Å². The minimum absolute atomic E-state index is 0.442. The average molecular weight is 169 g/mol. The van der Waals surface area contributed by atoms with Crippen molar-refractivity contribution in [3.8, 4) is 0 Å². The summed E-state index contributed by atoms with van der Waals surface area (Å²) in [5.41, 5.74) is 6.51. The molecule has 0 aromatic carbocycles. The van der Waals surface area contributed by atoms with Crippen LogP contribution in [0.15, 0.2) is 16.7 Å². The zero-order valence-corrected chi connectivity index (χ0v) is 7.38. The molecule has 0 spiro atoms. The zero-order chi connectivity index (χ0) is 8.81. The Kier molecular flexibility index (Phi) is 3.84. The molecule has 2 N–H and O–H groups in total. The fraction of sp³-hybridized carbons (Fsp3) is 0.556. The first-order chi connectivity index (χ1) is 5.88. The maximum absolute atomic E-state index is 5.45. The van der Waals surface area contributed by atoms with Crippen LogP contribution in [0, 0.1) is 0 Å². The standard InChI is InChI=1S/C9H15NO2/c1-2-4-11-7-8-3-5-12-9(8)6-10/h3,5H,2,4,6-7,10H2,1H3. The maximum atomic E-state index is 5.45. The van der Waals surface area contributed by atoms with Crippen molar-refractivity contribution >= 4 is 0 Å². The van der Waals surface area contributed by atoms with Crippen LogP contribution >= 0.6 is 0 Å². The van der Waals surface area contributed by atoms with Gasteiger partial charge in [-0.1, -0.05) is 6.92 Å². The third-order valence-electron chi connectivity index (χ3n) is 1.63.